The monoisotopic (exact) mass is 474 g/mol. The first-order chi connectivity index (χ1) is 15.6. The molecule has 1 saturated heterocycles. The highest BCUT2D eigenvalue weighted by Crippen LogP contribution is 2.33. The van der Waals surface area contributed by atoms with Crippen LogP contribution in [0.15, 0.2) is 33.9 Å². The first-order valence-electron chi connectivity index (χ1n) is 11.2. The smallest absolute Gasteiger partial charge is 0.336 e. The zero-order chi connectivity index (χ0) is 22.2. The number of likely N-dealkylation sites (N-methyl/N-ethyl adjacent to an activating group) is 1. The number of hydrogen-bond acceptors (Lipinski definition) is 6. The van der Waals surface area contributed by atoms with Crippen LogP contribution >= 0.6 is 22.9 Å². The van der Waals surface area contributed by atoms with Crippen molar-refractivity contribution in [2.75, 3.05) is 45.9 Å². The molecule has 1 fully saturated rings. The third-order valence-electron chi connectivity index (χ3n) is 6.48. The lowest BCUT2D eigenvalue weighted by molar-refractivity contribution is 0.0364. The summed E-state index contributed by atoms with van der Waals surface area (Å²) in [5, 5.41) is 1.28. The van der Waals surface area contributed by atoms with Crippen molar-refractivity contribution in [3.8, 4) is 5.69 Å². The second-order valence-electron chi connectivity index (χ2n) is 8.31. The van der Waals surface area contributed by atoms with Gasteiger partial charge in [-0.2, -0.15) is 0 Å². The summed E-state index contributed by atoms with van der Waals surface area (Å²) in [4.78, 5) is 34.0. The van der Waals surface area contributed by atoms with Gasteiger partial charge in [-0.3, -0.25) is 19.2 Å². The fraction of sp³-hybridized carbons (Fsp3) is 0.478. The Morgan fingerprint density at radius 3 is 2.50 bits per heavy atom. The van der Waals surface area contributed by atoms with Crippen molar-refractivity contribution < 1.29 is 4.74 Å². The van der Waals surface area contributed by atoms with Gasteiger partial charge in [0.2, 0.25) is 0 Å². The lowest BCUT2D eigenvalue weighted by atomic mass is 10.1. The molecule has 0 saturated carbocycles. The van der Waals surface area contributed by atoms with E-state index in [1.807, 2.05) is 0 Å². The maximum atomic E-state index is 13.7. The number of hydrogen-bond donors (Lipinski definition) is 0. The molecule has 9 heteroatoms. The van der Waals surface area contributed by atoms with E-state index in [9.17, 15) is 9.59 Å². The van der Waals surface area contributed by atoms with Crippen molar-refractivity contribution in [1.29, 1.82) is 0 Å². The number of halogens is 1. The van der Waals surface area contributed by atoms with Crippen LogP contribution in [-0.2, 0) is 24.2 Å². The summed E-state index contributed by atoms with van der Waals surface area (Å²) in [6, 6.07) is 6.91. The van der Waals surface area contributed by atoms with Gasteiger partial charge in [-0.25, -0.2) is 9.36 Å². The van der Waals surface area contributed by atoms with E-state index in [2.05, 4.69) is 16.7 Å². The normalized spacial score (nSPS) is 17.7. The van der Waals surface area contributed by atoms with E-state index >= 15 is 0 Å². The van der Waals surface area contributed by atoms with E-state index in [1.165, 1.54) is 9.44 Å². The average molecular weight is 475 g/mol. The van der Waals surface area contributed by atoms with E-state index in [4.69, 9.17) is 16.3 Å². The molecule has 0 amide bonds. The van der Waals surface area contributed by atoms with Crippen molar-refractivity contribution in [2.45, 2.75) is 26.4 Å². The van der Waals surface area contributed by atoms with Crippen LogP contribution in [0.5, 0.6) is 0 Å². The molecule has 7 nitrogen and oxygen atoms in total. The molecule has 0 aliphatic carbocycles. The Labute approximate surface area is 195 Å². The minimum atomic E-state index is -0.288. The van der Waals surface area contributed by atoms with Crippen LogP contribution < -0.4 is 11.2 Å². The topological polar surface area (TPSA) is 59.7 Å². The quantitative estimate of drug-likeness (QED) is 0.569. The molecule has 0 bridgehead atoms. The fourth-order valence-corrected chi connectivity index (χ4v) is 6.14. The van der Waals surface area contributed by atoms with E-state index in [0.717, 1.165) is 56.1 Å². The molecule has 4 heterocycles. The molecule has 0 spiro atoms. The SMILES string of the molecule is CCN1CCc2c(sc3c2c(=O)n(-c2ccc(Cl)cc2)c(=O)n3CCN2CCOCC2)C1. The van der Waals surface area contributed by atoms with Crippen molar-refractivity contribution >= 4 is 33.2 Å². The molecule has 32 heavy (non-hydrogen) atoms. The summed E-state index contributed by atoms with van der Waals surface area (Å²) in [7, 11) is 0. The van der Waals surface area contributed by atoms with Gasteiger partial charge in [0.1, 0.15) is 4.83 Å². The van der Waals surface area contributed by atoms with Gasteiger partial charge < -0.3 is 4.74 Å². The van der Waals surface area contributed by atoms with Gasteiger partial charge in [0.05, 0.1) is 24.3 Å². The van der Waals surface area contributed by atoms with Crippen LogP contribution in [0, 0.1) is 0 Å². The molecular formula is C23H27ClN4O3S. The number of benzene rings is 1. The van der Waals surface area contributed by atoms with Crippen molar-refractivity contribution in [2.24, 2.45) is 0 Å². The van der Waals surface area contributed by atoms with Crippen LogP contribution in [0.4, 0.5) is 0 Å². The van der Waals surface area contributed by atoms with Gasteiger partial charge >= 0.3 is 5.69 Å². The first kappa shape index (κ1) is 21.9. The van der Waals surface area contributed by atoms with E-state index in [0.29, 0.717) is 35.9 Å². The zero-order valence-electron chi connectivity index (χ0n) is 18.2. The van der Waals surface area contributed by atoms with Crippen molar-refractivity contribution in [3.05, 3.63) is 60.6 Å². The predicted octanol–water partition coefficient (Wildman–Crippen LogP) is 2.58. The molecule has 0 N–H and O–H groups in total. The number of morpholine rings is 1. The molecule has 5 rings (SSSR count). The number of fused-ring (bicyclic) bond motifs is 3. The number of aromatic nitrogens is 2. The maximum absolute atomic E-state index is 13.7. The summed E-state index contributed by atoms with van der Waals surface area (Å²) in [5.74, 6) is 0. The molecule has 0 unspecified atom stereocenters. The summed E-state index contributed by atoms with van der Waals surface area (Å²) < 4.78 is 8.58. The summed E-state index contributed by atoms with van der Waals surface area (Å²) in [5.41, 5.74) is 1.15. The van der Waals surface area contributed by atoms with Crippen molar-refractivity contribution in [1.82, 2.24) is 18.9 Å². The Balaban J connectivity index is 1.67. The Hall–Kier alpha value is -1.97. The summed E-state index contributed by atoms with van der Waals surface area (Å²) >= 11 is 7.67. The molecule has 0 radical (unpaired) electrons. The molecule has 170 valence electrons. The Morgan fingerprint density at radius 2 is 1.78 bits per heavy atom. The molecule has 0 atom stereocenters. The molecule has 2 aliphatic heterocycles. The maximum Gasteiger partial charge on any atom is 0.336 e. The fourth-order valence-electron chi connectivity index (χ4n) is 4.61. The number of rotatable bonds is 5. The highest BCUT2D eigenvalue weighted by Gasteiger charge is 2.26. The second kappa shape index (κ2) is 9.11. The molecule has 3 aromatic rings. The van der Waals surface area contributed by atoms with E-state index < -0.39 is 0 Å². The third kappa shape index (κ3) is 3.95. The lowest BCUT2D eigenvalue weighted by Crippen LogP contribution is -2.43. The minimum Gasteiger partial charge on any atom is -0.379 e. The number of thiophene rings is 1. The summed E-state index contributed by atoms with van der Waals surface area (Å²) in [6.07, 6.45) is 0.834. The average Bonchev–Trinajstić information content (AvgIpc) is 3.19. The Morgan fingerprint density at radius 1 is 1.03 bits per heavy atom. The van der Waals surface area contributed by atoms with Crippen LogP contribution in [0.2, 0.25) is 5.02 Å². The van der Waals surface area contributed by atoms with E-state index in [-0.39, 0.29) is 11.2 Å². The second-order valence-corrected chi connectivity index (χ2v) is 9.83. The largest absolute Gasteiger partial charge is 0.379 e. The highest BCUT2D eigenvalue weighted by atomic mass is 35.5. The van der Waals surface area contributed by atoms with Crippen LogP contribution in [0.25, 0.3) is 15.9 Å². The Bertz CT molecular complexity index is 1240. The van der Waals surface area contributed by atoms with E-state index in [1.54, 1.807) is 40.2 Å². The number of ether oxygens (including phenoxy) is 1. The highest BCUT2D eigenvalue weighted by molar-refractivity contribution is 7.18. The molecular weight excluding hydrogens is 448 g/mol. The third-order valence-corrected chi connectivity index (χ3v) is 7.97. The van der Waals surface area contributed by atoms with Crippen LogP contribution in [-0.4, -0.2) is 64.9 Å². The predicted molar refractivity (Wildman–Crippen MR) is 129 cm³/mol. The molecule has 2 aromatic heterocycles. The number of nitrogens with zero attached hydrogens (tertiary/aromatic N) is 4. The minimum absolute atomic E-state index is 0.225. The van der Waals surface area contributed by atoms with Gasteiger partial charge in [-0.1, -0.05) is 18.5 Å². The van der Waals surface area contributed by atoms with Gasteiger partial charge in [0.25, 0.3) is 5.56 Å². The van der Waals surface area contributed by atoms with Gasteiger partial charge in [-0.15, -0.1) is 11.3 Å². The standard InChI is InChI=1S/C23H27ClN4O3S/c1-2-25-8-7-18-19(15-25)32-22-20(18)21(29)28(17-5-3-16(24)4-6-17)23(30)27(22)10-9-26-11-13-31-14-12-26/h3-6H,2,7-15H2,1H3. The van der Waals surface area contributed by atoms with Gasteiger partial charge in [-0.05, 0) is 42.8 Å². The van der Waals surface area contributed by atoms with Crippen LogP contribution in [0.3, 0.4) is 0 Å². The first-order valence-corrected chi connectivity index (χ1v) is 12.3. The van der Waals surface area contributed by atoms with Gasteiger partial charge in [0.15, 0.2) is 0 Å². The van der Waals surface area contributed by atoms with Gasteiger partial charge in [0, 0.05) is 49.2 Å². The van der Waals surface area contributed by atoms with Crippen LogP contribution in [0.1, 0.15) is 17.4 Å². The molecule has 1 aromatic carbocycles. The lowest BCUT2D eigenvalue weighted by Gasteiger charge is -2.26. The molecule has 2 aliphatic rings. The summed E-state index contributed by atoms with van der Waals surface area (Å²) in [6.45, 7) is 9.36. The van der Waals surface area contributed by atoms with Crippen molar-refractivity contribution in [3.63, 3.8) is 0 Å². The Kier molecular flexibility index (Phi) is 6.22. The zero-order valence-corrected chi connectivity index (χ0v) is 19.8.